The maximum atomic E-state index is 13.3. The van der Waals surface area contributed by atoms with Crippen LogP contribution in [0.2, 0.25) is 5.02 Å². The van der Waals surface area contributed by atoms with Crippen molar-refractivity contribution >= 4 is 44.1 Å². The zero-order valence-corrected chi connectivity index (χ0v) is 13.1. The molecule has 0 spiro atoms. The highest BCUT2D eigenvalue weighted by molar-refractivity contribution is 9.10. The van der Waals surface area contributed by atoms with Crippen molar-refractivity contribution in [3.05, 3.63) is 81.0 Å². The molecule has 0 fully saturated rings. The van der Waals surface area contributed by atoms with E-state index in [1.165, 1.54) is 18.2 Å². The molecule has 3 aromatic rings. The van der Waals surface area contributed by atoms with Crippen molar-refractivity contribution in [3.8, 4) is 0 Å². The molecule has 0 N–H and O–H groups in total. The molecule has 1 nitrogen and oxygen atoms in total. The van der Waals surface area contributed by atoms with E-state index in [1.807, 2.05) is 24.3 Å². The first-order chi connectivity index (χ1) is 10.1. The summed E-state index contributed by atoms with van der Waals surface area (Å²) >= 11 is 9.26. The third-order valence-corrected chi connectivity index (χ3v) is 4.23. The van der Waals surface area contributed by atoms with E-state index in [-0.39, 0.29) is 10.3 Å². The van der Waals surface area contributed by atoms with Gasteiger partial charge in [-0.25, -0.2) is 4.39 Å². The van der Waals surface area contributed by atoms with Crippen molar-refractivity contribution < 1.29 is 9.18 Å². The van der Waals surface area contributed by atoms with Crippen molar-refractivity contribution in [3.63, 3.8) is 0 Å². The zero-order valence-electron chi connectivity index (χ0n) is 10.7. The summed E-state index contributed by atoms with van der Waals surface area (Å²) in [7, 11) is 0. The largest absolute Gasteiger partial charge is 0.289 e. The molecule has 0 aliphatic heterocycles. The van der Waals surface area contributed by atoms with Gasteiger partial charge in [0.15, 0.2) is 5.78 Å². The van der Waals surface area contributed by atoms with Crippen molar-refractivity contribution in [2.24, 2.45) is 0 Å². The Balaban J connectivity index is 2.18. The molecule has 21 heavy (non-hydrogen) atoms. The van der Waals surface area contributed by atoms with E-state index in [9.17, 15) is 9.18 Å². The Morgan fingerprint density at radius 1 is 1.00 bits per heavy atom. The number of fused-ring (bicyclic) bond motifs is 1. The summed E-state index contributed by atoms with van der Waals surface area (Å²) in [4.78, 5) is 12.6. The SMILES string of the molecule is O=C(c1ccc(F)c(Br)c1)c1ccc(Cl)c2ccccc12. The lowest BCUT2D eigenvalue weighted by Gasteiger charge is -2.08. The van der Waals surface area contributed by atoms with E-state index in [4.69, 9.17) is 11.6 Å². The lowest BCUT2D eigenvalue weighted by molar-refractivity contribution is 0.104. The van der Waals surface area contributed by atoms with Crippen LogP contribution in [0.4, 0.5) is 4.39 Å². The normalized spacial score (nSPS) is 10.8. The summed E-state index contributed by atoms with van der Waals surface area (Å²) in [5.41, 5.74) is 0.976. The Morgan fingerprint density at radius 2 is 1.71 bits per heavy atom. The molecule has 4 heteroatoms. The van der Waals surface area contributed by atoms with Crippen molar-refractivity contribution in [2.75, 3.05) is 0 Å². The molecule has 0 radical (unpaired) electrons. The molecule has 3 rings (SSSR count). The fraction of sp³-hybridized carbons (Fsp3) is 0. The molecule has 0 aromatic heterocycles. The van der Waals surface area contributed by atoms with Crippen LogP contribution in [0.1, 0.15) is 15.9 Å². The third-order valence-electron chi connectivity index (χ3n) is 3.30. The van der Waals surface area contributed by atoms with Crippen LogP contribution in [0.3, 0.4) is 0 Å². The minimum atomic E-state index is -0.396. The van der Waals surface area contributed by atoms with Gasteiger partial charge < -0.3 is 0 Å². The van der Waals surface area contributed by atoms with Gasteiger partial charge in [-0.05, 0) is 51.6 Å². The highest BCUT2D eigenvalue weighted by Gasteiger charge is 2.15. The smallest absolute Gasteiger partial charge is 0.193 e. The molecule has 0 bridgehead atoms. The first-order valence-corrected chi connectivity index (χ1v) is 7.42. The average molecular weight is 364 g/mol. The van der Waals surface area contributed by atoms with Crippen LogP contribution < -0.4 is 0 Å². The van der Waals surface area contributed by atoms with Gasteiger partial charge in [0.25, 0.3) is 0 Å². The van der Waals surface area contributed by atoms with E-state index < -0.39 is 5.82 Å². The van der Waals surface area contributed by atoms with Gasteiger partial charge in [-0.15, -0.1) is 0 Å². The maximum Gasteiger partial charge on any atom is 0.193 e. The van der Waals surface area contributed by atoms with Crippen LogP contribution in [0, 0.1) is 5.82 Å². The number of ketones is 1. The predicted molar refractivity (Wildman–Crippen MR) is 86.5 cm³/mol. The zero-order chi connectivity index (χ0) is 15.0. The van der Waals surface area contributed by atoms with Crippen LogP contribution in [-0.4, -0.2) is 5.78 Å². The fourth-order valence-corrected chi connectivity index (χ4v) is 2.86. The molecule has 0 saturated heterocycles. The van der Waals surface area contributed by atoms with E-state index in [0.717, 1.165) is 10.8 Å². The van der Waals surface area contributed by atoms with Crippen molar-refractivity contribution in [2.45, 2.75) is 0 Å². The van der Waals surface area contributed by atoms with E-state index in [0.29, 0.717) is 16.1 Å². The fourth-order valence-electron chi connectivity index (χ4n) is 2.25. The number of halogens is 3. The summed E-state index contributed by atoms with van der Waals surface area (Å²) in [5.74, 6) is -0.559. The van der Waals surface area contributed by atoms with Gasteiger partial charge in [-0.2, -0.15) is 0 Å². The van der Waals surface area contributed by atoms with Gasteiger partial charge in [0.2, 0.25) is 0 Å². The highest BCUT2D eigenvalue weighted by atomic mass is 79.9. The van der Waals surface area contributed by atoms with E-state index in [1.54, 1.807) is 12.1 Å². The second-order valence-electron chi connectivity index (χ2n) is 4.60. The van der Waals surface area contributed by atoms with Gasteiger partial charge in [-0.1, -0.05) is 35.9 Å². The molecule has 3 aromatic carbocycles. The van der Waals surface area contributed by atoms with E-state index in [2.05, 4.69) is 15.9 Å². The predicted octanol–water partition coefficient (Wildman–Crippen LogP) is 5.63. The Morgan fingerprint density at radius 3 is 2.43 bits per heavy atom. The van der Waals surface area contributed by atoms with Gasteiger partial charge in [0.05, 0.1) is 4.47 Å². The highest BCUT2D eigenvalue weighted by Crippen LogP contribution is 2.28. The average Bonchev–Trinajstić information content (AvgIpc) is 2.50. The van der Waals surface area contributed by atoms with Crippen LogP contribution in [0.15, 0.2) is 59.1 Å². The number of hydrogen-bond donors (Lipinski definition) is 0. The second kappa shape index (κ2) is 5.58. The van der Waals surface area contributed by atoms with Gasteiger partial charge >= 0.3 is 0 Å². The molecule has 0 atom stereocenters. The number of carbonyl (C=O) groups is 1. The molecular weight excluding hydrogens is 355 g/mol. The molecule has 0 saturated carbocycles. The second-order valence-corrected chi connectivity index (χ2v) is 5.86. The van der Waals surface area contributed by atoms with Crippen LogP contribution >= 0.6 is 27.5 Å². The Labute approximate surface area is 134 Å². The van der Waals surface area contributed by atoms with Crippen LogP contribution in [0.5, 0.6) is 0 Å². The maximum absolute atomic E-state index is 13.3. The molecule has 0 aliphatic carbocycles. The first-order valence-electron chi connectivity index (χ1n) is 6.25. The van der Waals surface area contributed by atoms with Crippen molar-refractivity contribution in [1.82, 2.24) is 0 Å². The number of rotatable bonds is 2. The molecule has 0 heterocycles. The molecule has 0 unspecified atom stereocenters. The van der Waals surface area contributed by atoms with Gasteiger partial charge in [0, 0.05) is 21.5 Å². The Bertz CT molecular complexity index is 861. The standard InChI is InChI=1S/C17H9BrClFO/c18-14-9-10(5-8-16(14)20)17(21)13-6-7-15(19)12-4-2-1-3-11(12)13/h1-9H. The lowest BCUT2D eigenvalue weighted by atomic mass is 9.97. The Kier molecular flexibility index (Phi) is 3.79. The molecule has 0 amide bonds. The minimum Gasteiger partial charge on any atom is -0.289 e. The summed E-state index contributed by atoms with van der Waals surface area (Å²) in [5, 5.41) is 2.21. The number of hydrogen-bond acceptors (Lipinski definition) is 1. The number of carbonyl (C=O) groups excluding carboxylic acids is 1. The minimum absolute atomic E-state index is 0.163. The lowest BCUT2D eigenvalue weighted by Crippen LogP contribution is -2.02. The third kappa shape index (κ3) is 2.59. The summed E-state index contributed by atoms with van der Waals surface area (Å²) in [6, 6.07) is 15.1. The number of benzene rings is 3. The van der Waals surface area contributed by atoms with Gasteiger partial charge in [-0.3, -0.25) is 4.79 Å². The quantitative estimate of drug-likeness (QED) is 0.540. The van der Waals surface area contributed by atoms with Crippen LogP contribution in [0.25, 0.3) is 10.8 Å². The summed E-state index contributed by atoms with van der Waals surface area (Å²) in [6.07, 6.45) is 0. The molecular formula is C17H9BrClFO. The summed E-state index contributed by atoms with van der Waals surface area (Å²) < 4.78 is 13.6. The molecule has 0 aliphatic rings. The summed E-state index contributed by atoms with van der Waals surface area (Å²) in [6.45, 7) is 0. The van der Waals surface area contributed by atoms with Crippen molar-refractivity contribution in [1.29, 1.82) is 0 Å². The monoisotopic (exact) mass is 362 g/mol. The molecule has 104 valence electrons. The Hall–Kier alpha value is -1.71. The first kappa shape index (κ1) is 14.2. The van der Waals surface area contributed by atoms with Gasteiger partial charge in [0.1, 0.15) is 5.82 Å². The topological polar surface area (TPSA) is 17.1 Å². The van der Waals surface area contributed by atoms with Crippen LogP contribution in [-0.2, 0) is 0 Å². The van der Waals surface area contributed by atoms with E-state index >= 15 is 0 Å².